The maximum Gasteiger partial charge on any atom is 0.236 e. The van der Waals surface area contributed by atoms with Crippen LogP contribution in [0.3, 0.4) is 0 Å². The molecule has 1 aromatic carbocycles. The van der Waals surface area contributed by atoms with E-state index < -0.39 is 5.41 Å². The lowest BCUT2D eigenvalue weighted by molar-refractivity contribution is -0.118. The highest BCUT2D eigenvalue weighted by atomic mass is 35.5. The van der Waals surface area contributed by atoms with Gasteiger partial charge in [-0.3, -0.25) is 4.79 Å². The van der Waals surface area contributed by atoms with Gasteiger partial charge in [-0.1, -0.05) is 16.8 Å². The molecular weight excluding hydrogens is 316 g/mol. The molecule has 0 unspecified atom stereocenters. The van der Waals surface area contributed by atoms with Crippen molar-refractivity contribution in [2.45, 2.75) is 18.3 Å². The van der Waals surface area contributed by atoms with E-state index in [9.17, 15) is 4.79 Å². The predicted molar refractivity (Wildman–Crippen MR) is 85.2 cm³/mol. The van der Waals surface area contributed by atoms with Gasteiger partial charge in [-0.05, 0) is 49.2 Å². The van der Waals surface area contributed by atoms with Crippen LogP contribution in [0.4, 0.5) is 5.69 Å². The van der Waals surface area contributed by atoms with E-state index in [2.05, 4.69) is 10.5 Å². The van der Waals surface area contributed by atoms with Crippen molar-refractivity contribution in [1.29, 1.82) is 0 Å². The van der Waals surface area contributed by atoms with Crippen LogP contribution < -0.4 is 5.32 Å². The smallest absolute Gasteiger partial charge is 0.236 e. The summed E-state index contributed by atoms with van der Waals surface area (Å²) < 4.78 is 10.6. The number of furan rings is 1. The topological polar surface area (TPSA) is 68.3 Å². The number of aromatic nitrogens is 1. The monoisotopic (exact) mass is 328 g/mol. The van der Waals surface area contributed by atoms with E-state index in [1.54, 1.807) is 48.7 Å². The van der Waals surface area contributed by atoms with Crippen molar-refractivity contribution in [2.24, 2.45) is 0 Å². The minimum absolute atomic E-state index is 0.0842. The Morgan fingerprint density at radius 3 is 2.61 bits per heavy atom. The van der Waals surface area contributed by atoms with Crippen LogP contribution in [0.25, 0.3) is 11.5 Å². The third kappa shape index (κ3) is 2.53. The average Bonchev–Trinajstić information content (AvgIpc) is 2.99. The third-order valence-electron chi connectivity index (χ3n) is 4.05. The van der Waals surface area contributed by atoms with Gasteiger partial charge in [0.1, 0.15) is 0 Å². The summed E-state index contributed by atoms with van der Waals surface area (Å²) in [5.41, 5.74) is 0.726. The number of halogens is 1. The molecule has 1 N–H and O–H groups in total. The first-order valence-electron chi connectivity index (χ1n) is 7.25. The lowest BCUT2D eigenvalue weighted by atomic mass is 10.0. The van der Waals surface area contributed by atoms with E-state index in [4.69, 9.17) is 20.5 Å². The Kier molecular flexibility index (Phi) is 3.23. The Hall–Kier alpha value is -2.53. The number of nitrogens with zero attached hydrogens (tertiary/aromatic N) is 1. The second-order valence-corrected chi connectivity index (χ2v) is 6.03. The number of benzene rings is 1. The molecule has 3 aromatic rings. The number of amides is 1. The number of rotatable bonds is 4. The first kappa shape index (κ1) is 14.1. The maximum absolute atomic E-state index is 12.6. The van der Waals surface area contributed by atoms with Crippen LogP contribution in [-0.4, -0.2) is 11.1 Å². The van der Waals surface area contributed by atoms with E-state index in [1.807, 2.05) is 0 Å². The van der Waals surface area contributed by atoms with Crippen molar-refractivity contribution in [3.63, 3.8) is 0 Å². The lowest BCUT2D eigenvalue weighted by Crippen LogP contribution is -2.28. The van der Waals surface area contributed by atoms with Gasteiger partial charge in [-0.25, -0.2) is 0 Å². The molecule has 116 valence electrons. The van der Waals surface area contributed by atoms with Crippen molar-refractivity contribution in [2.75, 3.05) is 5.32 Å². The molecule has 4 rings (SSSR count). The maximum atomic E-state index is 12.6. The van der Waals surface area contributed by atoms with Crippen LogP contribution in [0.2, 0.25) is 5.02 Å². The number of nitrogens with one attached hydrogen (secondary N) is 1. The molecule has 0 atom stereocenters. The normalized spacial score (nSPS) is 15.3. The Bertz CT molecular complexity index is 833. The first-order chi connectivity index (χ1) is 11.2. The fourth-order valence-corrected chi connectivity index (χ4v) is 2.67. The summed E-state index contributed by atoms with van der Waals surface area (Å²) in [4.78, 5) is 12.6. The average molecular weight is 329 g/mol. The van der Waals surface area contributed by atoms with Gasteiger partial charge in [0, 0.05) is 16.8 Å². The van der Waals surface area contributed by atoms with E-state index in [1.165, 1.54) is 0 Å². The molecule has 6 heteroatoms. The van der Waals surface area contributed by atoms with Crippen molar-refractivity contribution >= 4 is 23.2 Å². The molecule has 1 amide bonds. The minimum Gasteiger partial charge on any atom is -0.461 e. The summed E-state index contributed by atoms with van der Waals surface area (Å²) in [6.07, 6.45) is 3.06. The number of hydrogen-bond donors (Lipinski definition) is 1. The van der Waals surface area contributed by atoms with Gasteiger partial charge in [0.25, 0.3) is 0 Å². The lowest BCUT2D eigenvalue weighted by Gasteiger charge is -2.12. The van der Waals surface area contributed by atoms with E-state index >= 15 is 0 Å². The van der Waals surface area contributed by atoms with Gasteiger partial charge >= 0.3 is 0 Å². The molecule has 1 saturated carbocycles. The van der Waals surface area contributed by atoms with Gasteiger partial charge in [0.2, 0.25) is 11.7 Å². The number of hydrogen-bond acceptors (Lipinski definition) is 4. The van der Waals surface area contributed by atoms with Crippen LogP contribution in [0.1, 0.15) is 18.5 Å². The summed E-state index contributed by atoms with van der Waals surface area (Å²) in [7, 11) is 0. The molecule has 1 aliphatic carbocycles. The molecule has 5 nitrogen and oxygen atoms in total. The Balaban J connectivity index is 1.56. The highest BCUT2D eigenvalue weighted by molar-refractivity contribution is 6.30. The van der Waals surface area contributed by atoms with Gasteiger partial charge in [-0.15, -0.1) is 0 Å². The minimum atomic E-state index is -0.617. The molecule has 2 heterocycles. The molecule has 0 radical (unpaired) electrons. The number of anilines is 1. The van der Waals surface area contributed by atoms with Gasteiger partial charge in [-0.2, -0.15) is 0 Å². The summed E-state index contributed by atoms with van der Waals surface area (Å²) in [6.45, 7) is 0. The molecule has 0 spiro atoms. The summed E-state index contributed by atoms with van der Waals surface area (Å²) in [6, 6.07) is 12.4. The standard InChI is InChI=1S/C17H13ClN2O3/c18-11-3-5-12(6-4-11)19-16(21)17(7-8-17)15-10-14(23-20-15)13-2-1-9-22-13/h1-6,9-10H,7-8H2,(H,19,21). The fourth-order valence-electron chi connectivity index (χ4n) is 2.54. The zero-order valence-corrected chi connectivity index (χ0v) is 12.8. The highest BCUT2D eigenvalue weighted by Crippen LogP contribution is 2.49. The summed E-state index contributed by atoms with van der Waals surface area (Å²) in [5.74, 6) is 1.03. The SMILES string of the molecule is O=C(Nc1ccc(Cl)cc1)C1(c2cc(-c3ccco3)on2)CC1. The van der Waals surface area contributed by atoms with E-state index in [0.29, 0.717) is 27.9 Å². The van der Waals surface area contributed by atoms with Crippen LogP contribution in [0.15, 0.2) is 57.7 Å². The molecule has 2 aromatic heterocycles. The molecule has 1 fully saturated rings. The van der Waals surface area contributed by atoms with Gasteiger partial charge in [0.05, 0.1) is 17.4 Å². The largest absolute Gasteiger partial charge is 0.461 e. The van der Waals surface area contributed by atoms with Crippen LogP contribution in [-0.2, 0) is 10.2 Å². The summed E-state index contributed by atoms with van der Waals surface area (Å²) >= 11 is 5.85. The van der Waals surface area contributed by atoms with Gasteiger partial charge < -0.3 is 14.3 Å². The molecule has 0 aliphatic heterocycles. The third-order valence-corrected chi connectivity index (χ3v) is 4.30. The zero-order chi connectivity index (χ0) is 15.9. The highest BCUT2D eigenvalue weighted by Gasteiger charge is 2.53. The molecule has 1 aliphatic rings. The van der Waals surface area contributed by atoms with Gasteiger partial charge in [0.15, 0.2) is 5.76 Å². The Morgan fingerprint density at radius 2 is 1.96 bits per heavy atom. The Morgan fingerprint density at radius 1 is 1.17 bits per heavy atom. The second-order valence-electron chi connectivity index (χ2n) is 5.60. The quantitative estimate of drug-likeness (QED) is 0.777. The molecule has 23 heavy (non-hydrogen) atoms. The zero-order valence-electron chi connectivity index (χ0n) is 12.1. The van der Waals surface area contributed by atoms with Crippen molar-refractivity contribution in [1.82, 2.24) is 5.16 Å². The second kappa shape index (κ2) is 5.28. The molecule has 0 bridgehead atoms. The van der Waals surface area contributed by atoms with Crippen molar-refractivity contribution < 1.29 is 13.7 Å². The van der Waals surface area contributed by atoms with Crippen LogP contribution >= 0.6 is 11.6 Å². The fraction of sp³-hybridized carbons (Fsp3) is 0.176. The predicted octanol–water partition coefficient (Wildman–Crippen LogP) is 4.26. The summed E-state index contributed by atoms with van der Waals surface area (Å²) in [5, 5.41) is 7.61. The number of carbonyl (C=O) groups is 1. The molecular formula is C17H13ClN2O3. The molecule has 0 saturated heterocycles. The van der Waals surface area contributed by atoms with Crippen molar-refractivity contribution in [3.8, 4) is 11.5 Å². The first-order valence-corrected chi connectivity index (χ1v) is 7.63. The van der Waals surface area contributed by atoms with Crippen molar-refractivity contribution in [3.05, 3.63) is 59.4 Å². The number of carbonyl (C=O) groups excluding carboxylic acids is 1. The van der Waals surface area contributed by atoms with Crippen LogP contribution in [0, 0.1) is 0 Å². The van der Waals surface area contributed by atoms with E-state index in [0.717, 1.165) is 12.8 Å². The van der Waals surface area contributed by atoms with Crippen LogP contribution in [0.5, 0.6) is 0 Å². The Labute approximate surface area is 137 Å². The van der Waals surface area contributed by atoms with E-state index in [-0.39, 0.29) is 5.91 Å².